The van der Waals surface area contributed by atoms with Gasteiger partial charge in [-0.25, -0.2) is 0 Å². The van der Waals surface area contributed by atoms with Gasteiger partial charge in [0, 0.05) is 6.04 Å². The average Bonchev–Trinajstić information content (AvgIpc) is 2.34. The summed E-state index contributed by atoms with van der Waals surface area (Å²) in [6.45, 7) is 2.46. The Morgan fingerprint density at radius 2 is 2.70 bits per heavy atom. The lowest BCUT2D eigenvalue weighted by molar-refractivity contribution is 0.297. The minimum Gasteiger partial charge on any atom is -0.489 e. The van der Waals surface area contributed by atoms with Gasteiger partial charge in [0.25, 0.3) is 0 Å². The highest BCUT2D eigenvalue weighted by molar-refractivity contribution is 7.03. The number of nitrogens with zero attached hydrogens (tertiary/aromatic N) is 1. The molecule has 0 bridgehead atoms. The van der Waals surface area contributed by atoms with E-state index >= 15 is 0 Å². The van der Waals surface area contributed by atoms with Crippen LogP contribution in [0.1, 0.15) is 6.92 Å². The Labute approximate surface area is 64.0 Å². The summed E-state index contributed by atoms with van der Waals surface area (Å²) in [6.07, 6.45) is 1.69. The summed E-state index contributed by atoms with van der Waals surface area (Å²) >= 11 is 1.38. The second-order valence-electron chi connectivity index (χ2n) is 2.15. The fourth-order valence-electron chi connectivity index (χ4n) is 0.494. The standard InChI is InChI=1S/C6H10N2OS/c1-5(7)3-9-6-2-8-10-4-6/h2,4-5H,3,7H2,1H3. The number of nitrogens with two attached hydrogens (primary N) is 1. The second kappa shape index (κ2) is 3.53. The quantitative estimate of drug-likeness (QED) is 0.710. The zero-order chi connectivity index (χ0) is 7.40. The van der Waals surface area contributed by atoms with Crippen LogP contribution in [0, 0.1) is 0 Å². The number of hydrogen-bond acceptors (Lipinski definition) is 4. The Balaban J connectivity index is 2.28. The first-order valence-electron chi connectivity index (χ1n) is 3.07. The van der Waals surface area contributed by atoms with Gasteiger partial charge >= 0.3 is 0 Å². The molecule has 0 aliphatic rings. The van der Waals surface area contributed by atoms with E-state index in [9.17, 15) is 0 Å². The van der Waals surface area contributed by atoms with Gasteiger partial charge in [-0.1, -0.05) is 0 Å². The first-order chi connectivity index (χ1) is 4.79. The molecule has 0 saturated carbocycles. The third-order valence-corrected chi connectivity index (χ3v) is 1.49. The van der Waals surface area contributed by atoms with Crippen molar-refractivity contribution in [3.63, 3.8) is 0 Å². The summed E-state index contributed by atoms with van der Waals surface area (Å²) in [5.74, 6) is 0.808. The Hall–Kier alpha value is -0.610. The molecule has 56 valence electrons. The van der Waals surface area contributed by atoms with Crippen LogP contribution in [0.5, 0.6) is 5.75 Å². The molecule has 1 rings (SSSR count). The lowest BCUT2D eigenvalue weighted by Gasteiger charge is -2.04. The molecule has 2 N–H and O–H groups in total. The van der Waals surface area contributed by atoms with Gasteiger partial charge < -0.3 is 10.5 Å². The molecule has 0 aromatic carbocycles. The first kappa shape index (κ1) is 7.50. The van der Waals surface area contributed by atoms with Crippen molar-refractivity contribution in [2.45, 2.75) is 13.0 Å². The molecule has 0 spiro atoms. The van der Waals surface area contributed by atoms with Crippen LogP contribution in [-0.4, -0.2) is 17.0 Å². The van der Waals surface area contributed by atoms with Crippen LogP contribution in [0.15, 0.2) is 11.6 Å². The van der Waals surface area contributed by atoms with Crippen LogP contribution < -0.4 is 10.5 Å². The molecule has 1 unspecified atom stereocenters. The molecule has 0 aliphatic carbocycles. The monoisotopic (exact) mass is 158 g/mol. The summed E-state index contributed by atoms with van der Waals surface area (Å²) in [6, 6.07) is 0.0832. The Kier molecular flexibility index (Phi) is 2.65. The van der Waals surface area contributed by atoms with E-state index in [2.05, 4.69) is 4.37 Å². The molecule has 0 amide bonds. The molecule has 10 heavy (non-hydrogen) atoms. The smallest absolute Gasteiger partial charge is 0.150 e. The van der Waals surface area contributed by atoms with Crippen LogP contribution in [0.4, 0.5) is 0 Å². The number of hydrogen-bond donors (Lipinski definition) is 1. The van der Waals surface area contributed by atoms with Gasteiger partial charge in [0.2, 0.25) is 0 Å². The van der Waals surface area contributed by atoms with Crippen molar-refractivity contribution < 1.29 is 4.74 Å². The number of rotatable bonds is 3. The second-order valence-corrected chi connectivity index (χ2v) is 2.81. The van der Waals surface area contributed by atoms with Gasteiger partial charge in [-0.3, -0.25) is 0 Å². The van der Waals surface area contributed by atoms with E-state index in [-0.39, 0.29) is 6.04 Å². The van der Waals surface area contributed by atoms with Crippen molar-refractivity contribution in [2.75, 3.05) is 6.61 Å². The molecule has 0 fully saturated rings. The van der Waals surface area contributed by atoms with Crippen molar-refractivity contribution in [3.8, 4) is 5.75 Å². The molecule has 3 nitrogen and oxygen atoms in total. The van der Waals surface area contributed by atoms with Gasteiger partial charge in [0.1, 0.15) is 12.4 Å². The highest BCUT2D eigenvalue weighted by atomic mass is 32.1. The van der Waals surface area contributed by atoms with Gasteiger partial charge in [0.15, 0.2) is 0 Å². The van der Waals surface area contributed by atoms with Crippen molar-refractivity contribution in [2.24, 2.45) is 5.73 Å². The van der Waals surface area contributed by atoms with Gasteiger partial charge in [0.05, 0.1) is 11.6 Å². The lowest BCUT2D eigenvalue weighted by Crippen LogP contribution is -2.23. The van der Waals surface area contributed by atoms with Crippen LogP contribution >= 0.6 is 11.5 Å². The van der Waals surface area contributed by atoms with Crippen LogP contribution in [0.3, 0.4) is 0 Å². The van der Waals surface area contributed by atoms with Crippen LogP contribution in [0.2, 0.25) is 0 Å². The Morgan fingerprint density at radius 1 is 1.90 bits per heavy atom. The van der Waals surface area contributed by atoms with Crippen LogP contribution in [0.25, 0.3) is 0 Å². The van der Waals surface area contributed by atoms with Gasteiger partial charge in [-0.2, -0.15) is 4.37 Å². The van der Waals surface area contributed by atoms with E-state index in [4.69, 9.17) is 10.5 Å². The lowest BCUT2D eigenvalue weighted by atomic mass is 10.4. The molecule has 1 aromatic heterocycles. The fraction of sp³-hybridized carbons (Fsp3) is 0.500. The van der Waals surface area contributed by atoms with E-state index in [1.54, 1.807) is 6.20 Å². The molecule has 0 radical (unpaired) electrons. The molecule has 1 heterocycles. The zero-order valence-electron chi connectivity index (χ0n) is 5.78. The third kappa shape index (κ3) is 2.33. The maximum atomic E-state index is 5.47. The largest absolute Gasteiger partial charge is 0.489 e. The summed E-state index contributed by atoms with van der Waals surface area (Å²) in [7, 11) is 0. The highest BCUT2D eigenvalue weighted by Gasteiger charge is 1.96. The third-order valence-electron chi connectivity index (χ3n) is 0.923. The maximum Gasteiger partial charge on any atom is 0.150 e. The number of aromatic nitrogens is 1. The van der Waals surface area contributed by atoms with Gasteiger partial charge in [-0.05, 0) is 18.5 Å². The normalized spacial score (nSPS) is 13.0. The molecule has 0 saturated heterocycles. The molecular weight excluding hydrogens is 148 g/mol. The average molecular weight is 158 g/mol. The fourth-order valence-corrected chi connectivity index (χ4v) is 0.953. The summed E-state index contributed by atoms with van der Waals surface area (Å²) in [5, 5.41) is 1.85. The number of ether oxygens (including phenoxy) is 1. The molecule has 0 aliphatic heterocycles. The first-order valence-corrected chi connectivity index (χ1v) is 3.90. The summed E-state index contributed by atoms with van der Waals surface area (Å²) in [5.41, 5.74) is 5.47. The van der Waals surface area contributed by atoms with E-state index < -0.39 is 0 Å². The van der Waals surface area contributed by atoms with Gasteiger partial charge in [-0.15, -0.1) is 0 Å². The van der Waals surface area contributed by atoms with Crippen molar-refractivity contribution in [3.05, 3.63) is 11.6 Å². The molecular formula is C6H10N2OS. The van der Waals surface area contributed by atoms with E-state index in [1.165, 1.54) is 11.5 Å². The van der Waals surface area contributed by atoms with E-state index in [0.29, 0.717) is 6.61 Å². The van der Waals surface area contributed by atoms with E-state index in [0.717, 1.165) is 5.75 Å². The van der Waals surface area contributed by atoms with Crippen LogP contribution in [-0.2, 0) is 0 Å². The minimum absolute atomic E-state index is 0.0832. The highest BCUT2D eigenvalue weighted by Crippen LogP contribution is 2.10. The van der Waals surface area contributed by atoms with Crippen molar-refractivity contribution >= 4 is 11.5 Å². The molecule has 1 aromatic rings. The Morgan fingerprint density at radius 3 is 3.20 bits per heavy atom. The zero-order valence-corrected chi connectivity index (χ0v) is 6.60. The SMILES string of the molecule is CC(N)COc1cnsc1. The van der Waals surface area contributed by atoms with Crippen molar-refractivity contribution in [1.82, 2.24) is 4.37 Å². The predicted molar refractivity (Wildman–Crippen MR) is 41.3 cm³/mol. The Bertz CT molecular complexity index is 174. The topological polar surface area (TPSA) is 48.1 Å². The predicted octanol–water partition coefficient (Wildman–Crippen LogP) is 0.869. The molecule has 1 atom stereocenters. The summed E-state index contributed by atoms with van der Waals surface area (Å²) < 4.78 is 9.11. The summed E-state index contributed by atoms with van der Waals surface area (Å²) in [4.78, 5) is 0. The van der Waals surface area contributed by atoms with E-state index in [1.807, 2.05) is 12.3 Å². The maximum absolute atomic E-state index is 5.47. The van der Waals surface area contributed by atoms with Crippen molar-refractivity contribution in [1.29, 1.82) is 0 Å². The molecule has 4 heteroatoms. The minimum atomic E-state index is 0.0832.